The van der Waals surface area contributed by atoms with Gasteiger partial charge in [0.1, 0.15) is 0 Å². The summed E-state index contributed by atoms with van der Waals surface area (Å²) in [4.78, 5) is 29.6. The maximum atomic E-state index is 13.0. The van der Waals surface area contributed by atoms with E-state index >= 15 is 0 Å². The van der Waals surface area contributed by atoms with Crippen LogP contribution in [0.15, 0.2) is 44.4 Å². The lowest BCUT2D eigenvalue weighted by Crippen LogP contribution is -2.28. The molecule has 0 unspecified atom stereocenters. The second-order valence-electron chi connectivity index (χ2n) is 6.03. The number of methoxy groups -OCH3 is 1. The smallest absolute Gasteiger partial charge is 0.307 e. The van der Waals surface area contributed by atoms with Gasteiger partial charge in [0.25, 0.3) is 5.56 Å². The summed E-state index contributed by atoms with van der Waals surface area (Å²) in [6.07, 6.45) is 0. The third-order valence-corrected chi connectivity index (χ3v) is 5.96. The molecule has 0 saturated carbocycles. The Morgan fingerprint density at radius 3 is 2.77 bits per heavy atom. The van der Waals surface area contributed by atoms with E-state index in [9.17, 15) is 9.59 Å². The Hall–Kier alpha value is -1.90. The largest absolute Gasteiger partial charge is 0.383 e. The lowest BCUT2D eigenvalue weighted by Gasteiger charge is -2.19. The van der Waals surface area contributed by atoms with Crippen molar-refractivity contribution < 1.29 is 4.74 Å². The highest BCUT2D eigenvalue weighted by Crippen LogP contribution is 2.21. The molecule has 0 amide bonds. The van der Waals surface area contributed by atoms with Crippen LogP contribution in [0.3, 0.4) is 0 Å². The van der Waals surface area contributed by atoms with Gasteiger partial charge in [-0.2, -0.15) is 0 Å². The van der Waals surface area contributed by atoms with Crippen molar-refractivity contribution in [1.29, 1.82) is 0 Å². The highest BCUT2D eigenvalue weighted by Gasteiger charge is 2.16. The van der Waals surface area contributed by atoms with E-state index in [1.807, 2.05) is 37.4 Å². The Kier molecular flexibility index (Phi) is 5.95. The van der Waals surface area contributed by atoms with Gasteiger partial charge in [-0.3, -0.25) is 14.2 Å². The summed E-state index contributed by atoms with van der Waals surface area (Å²) in [5.41, 5.74) is 1.58. The zero-order valence-corrected chi connectivity index (χ0v) is 16.6. The van der Waals surface area contributed by atoms with Crippen molar-refractivity contribution in [2.75, 3.05) is 19.5 Å². The van der Waals surface area contributed by atoms with E-state index in [2.05, 4.69) is 4.98 Å². The van der Waals surface area contributed by atoms with Crippen molar-refractivity contribution in [3.63, 3.8) is 0 Å². The van der Waals surface area contributed by atoms with Crippen molar-refractivity contribution in [3.05, 3.63) is 55.4 Å². The molecule has 2 aromatic heterocycles. The minimum absolute atomic E-state index is 0.0414. The molecular weight excluding hydrogens is 370 g/mol. The lowest BCUT2D eigenvalue weighted by atomic mass is 10.2. The van der Waals surface area contributed by atoms with E-state index in [0.29, 0.717) is 35.0 Å². The summed E-state index contributed by atoms with van der Waals surface area (Å²) in [7, 11) is 1.62. The Labute approximate surface area is 159 Å². The summed E-state index contributed by atoms with van der Waals surface area (Å²) in [6, 6.07) is 7.23. The van der Waals surface area contributed by atoms with E-state index in [1.54, 1.807) is 22.3 Å². The first-order valence-electron chi connectivity index (χ1n) is 8.31. The fraction of sp³-hybridized carbons (Fsp3) is 0.389. The lowest BCUT2D eigenvalue weighted by molar-refractivity contribution is 0.156. The van der Waals surface area contributed by atoms with Gasteiger partial charge in [0, 0.05) is 30.5 Å². The summed E-state index contributed by atoms with van der Waals surface area (Å²) in [5.74, 6) is 0.655. The zero-order valence-electron chi connectivity index (χ0n) is 15.0. The fourth-order valence-corrected chi connectivity index (χ4v) is 4.62. The predicted molar refractivity (Wildman–Crippen MR) is 107 cm³/mol. The molecule has 0 spiro atoms. The average Bonchev–Trinajstić information content (AvgIpc) is 2.94. The van der Waals surface area contributed by atoms with Gasteiger partial charge in [-0.25, -0.2) is 4.98 Å². The van der Waals surface area contributed by atoms with E-state index < -0.39 is 0 Å². The average molecular weight is 392 g/mol. The van der Waals surface area contributed by atoms with Crippen LogP contribution in [0.25, 0.3) is 10.9 Å². The van der Waals surface area contributed by atoms with E-state index in [1.165, 1.54) is 23.1 Å². The number of hydrogen-bond acceptors (Lipinski definition) is 6. The number of aryl methyl sites for hydroxylation is 1. The topological polar surface area (TPSA) is 66.1 Å². The van der Waals surface area contributed by atoms with Gasteiger partial charge in [0.15, 0.2) is 5.16 Å². The van der Waals surface area contributed by atoms with Crippen LogP contribution in [0, 0.1) is 6.92 Å². The monoisotopic (exact) mass is 391 g/mol. The molecule has 6 nitrogen and oxygen atoms in total. The maximum absolute atomic E-state index is 13.0. The molecule has 3 rings (SSSR count). The molecule has 0 aliphatic carbocycles. The number of nitrogens with zero attached hydrogens (tertiary/aromatic N) is 3. The number of thioether (sulfide) groups is 1. The number of ether oxygens (including phenoxy) is 1. The standard InChI is InChI=1S/C18H21N3O3S2/c1-12(10-24-3)21-16(22)14-6-4-5-7-15(14)19-17(21)25-9-8-20-13(2)11-26-18(20)23/h4-7,11-12H,8-10H2,1-3H3/t12-/m1/s1. The Morgan fingerprint density at radius 2 is 2.08 bits per heavy atom. The van der Waals surface area contributed by atoms with Gasteiger partial charge < -0.3 is 9.30 Å². The predicted octanol–water partition coefficient (Wildman–Crippen LogP) is 2.93. The van der Waals surface area contributed by atoms with Gasteiger partial charge in [-0.15, -0.1) is 0 Å². The number of aromatic nitrogens is 3. The fourth-order valence-electron chi connectivity index (χ4n) is 2.83. The number of hydrogen-bond donors (Lipinski definition) is 0. The van der Waals surface area contributed by atoms with Crippen LogP contribution >= 0.6 is 23.1 Å². The molecule has 0 radical (unpaired) electrons. The van der Waals surface area contributed by atoms with E-state index in [4.69, 9.17) is 4.74 Å². The summed E-state index contributed by atoms with van der Waals surface area (Å²) >= 11 is 2.69. The Morgan fingerprint density at radius 1 is 1.31 bits per heavy atom. The van der Waals surface area contributed by atoms with Crippen molar-refractivity contribution in [3.8, 4) is 0 Å². The van der Waals surface area contributed by atoms with Crippen LogP contribution in [0.2, 0.25) is 0 Å². The summed E-state index contributed by atoms with van der Waals surface area (Å²) in [6.45, 7) is 4.88. The third-order valence-electron chi connectivity index (χ3n) is 4.15. The van der Waals surface area contributed by atoms with E-state index in [-0.39, 0.29) is 16.5 Å². The number of benzene rings is 1. The highest BCUT2D eigenvalue weighted by atomic mass is 32.2. The highest BCUT2D eigenvalue weighted by molar-refractivity contribution is 7.99. The second-order valence-corrected chi connectivity index (χ2v) is 7.92. The molecule has 0 bridgehead atoms. The minimum Gasteiger partial charge on any atom is -0.383 e. The van der Waals surface area contributed by atoms with Crippen molar-refractivity contribution in [1.82, 2.24) is 14.1 Å². The van der Waals surface area contributed by atoms with Gasteiger partial charge in [-0.05, 0) is 26.0 Å². The molecule has 1 atom stereocenters. The number of fused-ring (bicyclic) bond motifs is 1. The van der Waals surface area contributed by atoms with Gasteiger partial charge in [0.05, 0.1) is 23.6 Å². The summed E-state index contributed by atoms with van der Waals surface area (Å²) < 4.78 is 8.68. The quantitative estimate of drug-likeness (QED) is 0.458. The molecule has 0 fully saturated rings. The van der Waals surface area contributed by atoms with Crippen LogP contribution in [-0.2, 0) is 11.3 Å². The second kappa shape index (κ2) is 8.20. The minimum atomic E-state index is -0.127. The molecule has 0 saturated heterocycles. The van der Waals surface area contributed by atoms with Crippen molar-refractivity contribution in [2.45, 2.75) is 31.6 Å². The van der Waals surface area contributed by atoms with Gasteiger partial charge in [0.2, 0.25) is 0 Å². The molecule has 138 valence electrons. The van der Waals surface area contributed by atoms with Gasteiger partial charge in [-0.1, -0.05) is 35.2 Å². The van der Waals surface area contributed by atoms with Crippen molar-refractivity contribution >= 4 is 34.0 Å². The number of thiazole rings is 1. The molecule has 0 N–H and O–H groups in total. The maximum Gasteiger partial charge on any atom is 0.307 e. The van der Waals surface area contributed by atoms with Crippen LogP contribution in [-0.4, -0.2) is 33.6 Å². The van der Waals surface area contributed by atoms with Crippen LogP contribution in [0.5, 0.6) is 0 Å². The molecular formula is C18H21N3O3S2. The molecule has 8 heteroatoms. The molecule has 0 aliphatic heterocycles. The molecule has 2 heterocycles. The molecule has 26 heavy (non-hydrogen) atoms. The Balaban J connectivity index is 1.94. The normalized spacial score (nSPS) is 12.6. The first-order chi connectivity index (χ1) is 12.5. The van der Waals surface area contributed by atoms with Crippen LogP contribution < -0.4 is 10.4 Å². The first kappa shape index (κ1) is 18.9. The number of rotatable bonds is 7. The molecule has 0 aliphatic rings. The molecule has 1 aromatic carbocycles. The SMILES string of the molecule is COC[C@@H](C)n1c(SCCn2c(C)csc2=O)nc2ccccc2c1=O. The zero-order chi connectivity index (χ0) is 18.7. The van der Waals surface area contributed by atoms with Crippen molar-refractivity contribution in [2.24, 2.45) is 0 Å². The van der Waals surface area contributed by atoms with Crippen LogP contribution in [0.4, 0.5) is 0 Å². The first-order valence-corrected chi connectivity index (χ1v) is 10.2. The van der Waals surface area contributed by atoms with Crippen LogP contribution in [0.1, 0.15) is 18.7 Å². The molecule has 3 aromatic rings. The number of para-hydroxylation sites is 1. The third kappa shape index (κ3) is 3.77. The van der Waals surface area contributed by atoms with Gasteiger partial charge >= 0.3 is 4.87 Å². The Bertz CT molecular complexity index is 1020. The van der Waals surface area contributed by atoms with E-state index in [0.717, 1.165) is 5.69 Å². The summed E-state index contributed by atoms with van der Waals surface area (Å²) in [5, 5.41) is 3.11.